The molecule has 3 aromatic rings. The van der Waals surface area contributed by atoms with Gasteiger partial charge >= 0.3 is 0 Å². The highest BCUT2D eigenvalue weighted by Crippen LogP contribution is 2.29. The topological polar surface area (TPSA) is 34.4 Å². The van der Waals surface area contributed by atoms with E-state index in [-0.39, 0.29) is 22.8 Å². The number of hydrogen-bond acceptors (Lipinski definition) is 3. The van der Waals surface area contributed by atoms with Crippen molar-refractivity contribution in [1.29, 1.82) is 0 Å². The summed E-state index contributed by atoms with van der Waals surface area (Å²) in [6, 6.07) is 17.7. The van der Waals surface area contributed by atoms with Crippen molar-refractivity contribution >= 4 is 50.5 Å². The summed E-state index contributed by atoms with van der Waals surface area (Å²) in [7, 11) is 3.85. The first-order chi connectivity index (χ1) is 11.6. The second-order valence-corrected chi connectivity index (χ2v) is 6.61. The summed E-state index contributed by atoms with van der Waals surface area (Å²) >= 11 is 1.51. The number of ketones is 1. The van der Waals surface area contributed by atoms with Gasteiger partial charge in [0.15, 0.2) is 5.78 Å². The summed E-state index contributed by atoms with van der Waals surface area (Å²) in [6.45, 7) is 2.10. The Morgan fingerprint density at radius 2 is 1.72 bits per heavy atom. The normalized spacial score (nSPS) is 11.4. The van der Waals surface area contributed by atoms with E-state index in [0.717, 1.165) is 21.9 Å². The maximum atomic E-state index is 12.4. The van der Waals surface area contributed by atoms with E-state index in [4.69, 9.17) is 0 Å². The predicted molar refractivity (Wildman–Crippen MR) is 114 cm³/mol. The molecule has 3 nitrogen and oxygen atoms in total. The van der Waals surface area contributed by atoms with E-state index in [1.807, 2.05) is 42.5 Å². The van der Waals surface area contributed by atoms with Crippen LogP contribution in [0.2, 0.25) is 0 Å². The maximum Gasteiger partial charge on any atom is 0.173 e. The van der Waals surface area contributed by atoms with E-state index in [9.17, 15) is 4.79 Å². The number of rotatable bonds is 4. The molecule has 0 bridgehead atoms. The van der Waals surface area contributed by atoms with Crippen LogP contribution in [0.5, 0.6) is 0 Å². The molecule has 0 aliphatic heterocycles. The average Bonchev–Trinajstić information content (AvgIpc) is 2.88. The molecule has 3 rings (SSSR count). The summed E-state index contributed by atoms with van der Waals surface area (Å²) in [5, 5.41) is 2.09. The third kappa shape index (κ3) is 3.88. The van der Waals surface area contributed by atoms with Gasteiger partial charge in [0.05, 0.1) is 5.75 Å². The highest BCUT2D eigenvalue weighted by molar-refractivity contribution is 8.93. The minimum atomic E-state index is 0. The Kier molecular flexibility index (Phi) is 6.62. The minimum Gasteiger partial charge on any atom is -0.347 e. The summed E-state index contributed by atoms with van der Waals surface area (Å²) in [5.41, 5.74) is 4.22. The quantitative estimate of drug-likeness (QED) is 0.338. The molecule has 0 spiro atoms. The smallest absolute Gasteiger partial charge is 0.173 e. The molecule has 0 fully saturated rings. The Balaban J connectivity index is 0.00000225. The van der Waals surface area contributed by atoms with Gasteiger partial charge in [-0.2, -0.15) is 0 Å². The number of hydrogen-bond donors (Lipinski definition) is 0. The lowest BCUT2D eigenvalue weighted by Crippen LogP contribution is -2.07. The van der Waals surface area contributed by atoms with Crippen molar-refractivity contribution < 1.29 is 4.79 Å². The van der Waals surface area contributed by atoms with Gasteiger partial charge in [0.1, 0.15) is 5.04 Å². The number of aromatic nitrogens is 1. The van der Waals surface area contributed by atoms with Crippen molar-refractivity contribution in [2.24, 2.45) is 12.0 Å². The van der Waals surface area contributed by atoms with Gasteiger partial charge in [-0.3, -0.25) is 9.79 Å². The molecule has 0 saturated heterocycles. The Hall–Kier alpha value is -1.85. The molecule has 0 atom stereocenters. The van der Waals surface area contributed by atoms with E-state index in [2.05, 4.69) is 35.7 Å². The summed E-state index contributed by atoms with van der Waals surface area (Å²) in [5.74, 6) is 0.513. The Labute approximate surface area is 162 Å². The molecule has 1 heterocycles. The molecule has 0 amide bonds. The van der Waals surface area contributed by atoms with Crippen LogP contribution in [0.3, 0.4) is 0 Å². The molecular weight excluding hydrogens is 396 g/mol. The predicted octanol–water partition coefficient (Wildman–Crippen LogP) is 5.06. The van der Waals surface area contributed by atoms with Gasteiger partial charge in [0, 0.05) is 41.8 Å². The van der Waals surface area contributed by atoms with Crippen LogP contribution in [0.4, 0.5) is 0 Å². The van der Waals surface area contributed by atoms with Crippen LogP contribution in [0.1, 0.15) is 21.6 Å². The van der Waals surface area contributed by atoms with Crippen molar-refractivity contribution in [2.75, 3.05) is 12.8 Å². The first-order valence-corrected chi connectivity index (χ1v) is 8.84. The van der Waals surface area contributed by atoms with E-state index >= 15 is 0 Å². The van der Waals surface area contributed by atoms with Crippen LogP contribution in [-0.4, -0.2) is 28.2 Å². The SMILES string of the molecule is Br.CN=C(SCC(=O)c1ccccc1)c1c(C)n(C)c2ccccc12. The second-order valence-electron chi connectivity index (χ2n) is 5.64. The van der Waals surface area contributed by atoms with Gasteiger partial charge in [-0.15, -0.1) is 17.0 Å². The highest BCUT2D eigenvalue weighted by Gasteiger charge is 2.18. The highest BCUT2D eigenvalue weighted by atomic mass is 79.9. The van der Waals surface area contributed by atoms with Gasteiger partial charge in [-0.25, -0.2) is 0 Å². The lowest BCUT2D eigenvalue weighted by molar-refractivity contribution is 0.102. The maximum absolute atomic E-state index is 12.4. The number of nitrogens with zero attached hydrogens (tertiary/aromatic N) is 2. The molecule has 5 heteroatoms. The molecule has 25 heavy (non-hydrogen) atoms. The van der Waals surface area contributed by atoms with Gasteiger partial charge in [-0.05, 0) is 13.0 Å². The van der Waals surface area contributed by atoms with Crippen molar-refractivity contribution in [3.63, 3.8) is 0 Å². The van der Waals surface area contributed by atoms with Crippen LogP contribution in [-0.2, 0) is 7.05 Å². The zero-order valence-corrected chi connectivity index (χ0v) is 17.1. The van der Waals surface area contributed by atoms with Crippen LogP contribution in [0.25, 0.3) is 10.9 Å². The van der Waals surface area contributed by atoms with Crippen molar-refractivity contribution in [3.8, 4) is 0 Å². The number of thioether (sulfide) groups is 1. The molecule has 0 N–H and O–H groups in total. The van der Waals surface area contributed by atoms with Crippen LogP contribution < -0.4 is 0 Å². The number of aryl methyl sites for hydroxylation is 1. The van der Waals surface area contributed by atoms with E-state index in [1.54, 1.807) is 7.05 Å². The molecule has 2 aromatic carbocycles. The zero-order chi connectivity index (χ0) is 17.1. The Morgan fingerprint density at radius 1 is 1.08 bits per heavy atom. The van der Waals surface area contributed by atoms with Gasteiger partial charge < -0.3 is 4.57 Å². The minimum absolute atomic E-state index is 0. The molecular formula is C20H21BrN2OS. The van der Waals surface area contributed by atoms with Gasteiger partial charge in [-0.1, -0.05) is 60.3 Å². The summed E-state index contributed by atoms with van der Waals surface area (Å²) < 4.78 is 2.18. The number of fused-ring (bicyclic) bond motifs is 1. The fraction of sp³-hybridized carbons (Fsp3) is 0.200. The molecule has 1 aromatic heterocycles. The molecule has 0 aliphatic carbocycles. The number of halogens is 1. The van der Waals surface area contributed by atoms with Gasteiger partial charge in [0.25, 0.3) is 0 Å². The van der Waals surface area contributed by atoms with Crippen LogP contribution in [0.15, 0.2) is 59.6 Å². The summed E-state index contributed by atoms with van der Waals surface area (Å²) in [4.78, 5) is 16.8. The van der Waals surface area contributed by atoms with Gasteiger partial charge in [0.2, 0.25) is 0 Å². The van der Waals surface area contributed by atoms with Crippen LogP contribution >= 0.6 is 28.7 Å². The average molecular weight is 417 g/mol. The third-order valence-corrected chi connectivity index (χ3v) is 5.32. The first kappa shape index (κ1) is 19.5. The number of Topliss-reactive ketones (excluding diaryl/α,β-unsaturated/α-hetero) is 1. The van der Waals surface area contributed by atoms with Crippen molar-refractivity contribution in [3.05, 3.63) is 71.4 Å². The van der Waals surface area contributed by atoms with Crippen LogP contribution in [0, 0.1) is 6.92 Å². The van der Waals surface area contributed by atoms with E-state index in [1.165, 1.54) is 22.7 Å². The Morgan fingerprint density at radius 3 is 2.40 bits per heavy atom. The monoisotopic (exact) mass is 416 g/mol. The molecule has 0 saturated carbocycles. The fourth-order valence-electron chi connectivity index (χ4n) is 2.88. The molecule has 130 valence electrons. The number of carbonyl (C=O) groups is 1. The fourth-order valence-corrected chi connectivity index (χ4v) is 3.85. The van der Waals surface area contributed by atoms with Crippen molar-refractivity contribution in [2.45, 2.75) is 6.92 Å². The number of benzene rings is 2. The number of carbonyl (C=O) groups excluding carboxylic acids is 1. The summed E-state index contributed by atoms with van der Waals surface area (Å²) in [6.07, 6.45) is 0. The largest absolute Gasteiger partial charge is 0.347 e. The van der Waals surface area contributed by atoms with Crippen molar-refractivity contribution in [1.82, 2.24) is 4.57 Å². The third-order valence-electron chi connectivity index (χ3n) is 4.25. The molecule has 0 radical (unpaired) electrons. The Bertz CT molecular complexity index is 916. The standard InChI is InChI=1S/C20H20N2OS.BrH/c1-14-19(16-11-7-8-12-17(16)22(14)3)20(21-2)24-13-18(23)15-9-5-4-6-10-15;/h4-12H,13H2,1-3H3;1H. The van der Waals surface area contributed by atoms with E-state index in [0.29, 0.717) is 5.75 Å². The molecule has 0 aliphatic rings. The number of para-hydroxylation sites is 1. The van der Waals surface area contributed by atoms with E-state index < -0.39 is 0 Å². The lowest BCUT2D eigenvalue weighted by atomic mass is 10.1. The zero-order valence-electron chi connectivity index (χ0n) is 14.5. The second kappa shape index (κ2) is 8.50. The first-order valence-electron chi connectivity index (χ1n) is 7.85. The molecule has 0 unspecified atom stereocenters. The number of aliphatic imine (C=N–C) groups is 1. The lowest BCUT2D eigenvalue weighted by Gasteiger charge is -2.07.